The summed E-state index contributed by atoms with van der Waals surface area (Å²) in [6.45, 7) is 0. The molecule has 8 heteroatoms. The monoisotopic (exact) mass is 1430 g/mol. The van der Waals surface area contributed by atoms with E-state index in [2.05, 4.69) is 341 Å². The van der Waals surface area contributed by atoms with E-state index in [0.29, 0.717) is 5.84 Å². The van der Waals surface area contributed by atoms with Crippen molar-refractivity contribution in [1.82, 2.24) is 13.7 Å². The van der Waals surface area contributed by atoms with Gasteiger partial charge in [0.25, 0.3) is 0 Å². The number of aliphatic imine (C=N–C) groups is 2. The predicted molar refractivity (Wildman–Crippen MR) is 463 cm³/mol. The molecule has 1 atom stereocenters. The van der Waals surface area contributed by atoms with Gasteiger partial charge in [0.15, 0.2) is 5.84 Å². The summed E-state index contributed by atoms with van der Waals surface area (Å²) in [5.41, 5.74) is 30.8. The van der Waals surface area contributed by atoms with Crippen molar-refractivity contribution in [2.45, 2.75) is 6.42 Å². The molecule has 7 heterocycles. The Bertz CT molecular complexity index is 7880. The largest absolute Gasteiger partial charge is 0.456 e. The molecule has 1 unspecified atom stereocenters. The molecule has 0 saturated heterocycles. The molecule has 0 N–H and O–H groups in total. The number of benzene rings is 16. The fourth-order valence-corrected chi connectivity index (χ4v) is 18.2. The third-order valence-corrected chi connectivity index (χ3v) is 23.7. The zero-order valence-electron chi connectivity index (χ0n) is 60.4. The molecule has 0 saturated carbocycles. The normalized spacial score (nSPS) is 14.0. The highest BCUT2D eigenvalue weighted by Gasteiger charge is 2.32. The molecular weight excluding hydrogens is 1370 g/mol. The number of amidine groups is 1. The predicted octanol–water partition coefficient (Wildman–Crippen LogP) is 27.6. The summed E-state index contributed by atoms with van der Waals surface area (Å²) < 4.78 is 26.4. The van der Waals surface area contributed by atoms with Gasteiger partial charge >= 0.3 is 0 Å². The van der Waals surface area contributed by atoms with E-state index in [4.69, 9.17) is 23.2 Å². The van der Waals surface area contributed by atoms with Gasteiger partial charge in [-0.05, 0) is 201 Å². The van der Waals surface area contributed by atoms with Gasteiger partial charge in [0, 0.05) is 93.2 Å². The lowest BCUT2D eigenvalue weighted by Crippen LogP contribution is -2.26. The molecule has 22 aromatic rings. The van der Waals surface area contributed by atoms with Crippen LogP contribution in [0.5, 0.6) is 0 Å². The van der Waals surface area contributed by atoms with Gasteiger partial charge in [0.2, 0.25) is 0 Å². The van der Waals surface area contributed by atoms with Crippen LogP contribution in [0, 0.1) is 5.92 Å². The molecule has 0 radical (unpaired) electrons. The fourth-order valence-electron chi connectivity index (χ4n) is 18.2. The van der Waals surface area contributed by atoms with Gasteiger partial charge in [-0.2, -0.15) is 0 Å². The molecule has 0 amide bonds. The van der Waals surface area contributed by atoms with E-state index in [1.165, 1.54) is 37.9 Å². The molecule has 16 aromatic carbocycles. The van der Waals surface area contributed by atoms with E-state index in [1.807, 2.05) is 36.4 Å². The van der Waals surface area contributed by atoms with Crippen molar-refractivity contribution < 1.29 is 13.3 Å². The molecule has 2 aliphatic rings. The van der Waals surface area contributed by atoms with Gasteiger partial charge in [-0.1, -0.05) is 231 Å². The van der Waals surface area contributed by atoms with Crippen molar-refractivity contribution >= 4 is 148 Å². The first kappa shape index (κ1) is 62.2. The molecule has 24 rings (SSSR count). The van der Waals surface area contributed by atoms with E-state index in [9.17, 15) is 0 Å². The fraction of sp³-hybridized carbons (Fsp3) is 0.0192. The lowest BCUT2D eigenvalue weighted by atomic mass is 9.81. The molecular formula is C104H63N5O3. The summed E-state index contributed by atoms with van der Waals surface area (Å²) >= 11 is 0. The number of fused-ring (bicyclic) bond motifs is 19. The Balaban J connectivity index is 0.576. The second-order valence-corrected chi connectivity index (χ2v) is 29.9. The van der Waals surface area contributed by atoms with Crippen LogP contribution in [-0.2, 0) is 0 Å². The van der Waals surface area contributed by atoms with Gasteiger partial charge in [-0.25, -0.2) is 9.98 Å². The third-order valence-electron chi connectivity index (χ3n) is 23.7. The minimum absolute atomic E-state index is 0.116. The average molecular weight is 1430 g/mol. The van der Waals surface area contributed by atoms with Crippen molar-refractivity contribution in [3.8, 4) is 61.6 Å². The zero-order chi connectivity index (χ0) is 73.2. The number of hydrogen-bond acceptors (Lipinski definition) is 5. The first-order valence-corrected chi connectivity index (χ1v) is 38.3. The van der Waals surface area contributed by atoms with Crippen molar-refractivity contribution in [2.24, 2.45) is 15.9 Å². The van der Waals surface area contributed by atoms with Crippen LogP contribution in [0.15, 0.2) is 393 Å². The van der Waals surface area contributed by atoms with Gasteiger partial charge in [-0.3, -0.25) is 0 Å². The minimum Gasteiger partial charge on any atom is -0.456 e. The number of para-hydroxylation sites is 6. The van der Waals surface area contributed by atoms with Gasteiger partial charge in [-0.15, -0.1) is 0 Å². The molecule has 522 valence electrons. The summed E-state index contributed by atoms with van der Waals surface area (Å²) in [7, 11) is 0. The summed E-state index contributed by atoms with van der Waals surface area (Å²) in [6.07, 6.45) is 5.23. The van der Waals surface area contributed by atoms with E-state index in [0.717, 1.165) is 195 Å². The maximum atomic E-state index is 6.41. The molecule has 0 spiro atoms. The van der Waals surface area contributed by atoms with Crippen LogP contribution in [0.25, 0.3) is 198 Å². The zero-order valence-corrected chi connectivity index (χ0v) is 60.4. The van der Waals surface area contributed by atoms with Crippen LogP contribution < -0.4 is 0 Å². The van der Waals surface area contributed by atoms with Crippen molar-refractivity contribution in [3.05, 3.63) is 386 Å². The smallest absolute Gasteiger partial charge is 0.159 e. The van der Waals surface area contributed by atoms with E-state index in [-0.39, 0.29) is 5.92 Å². The lowest BCUT2D eigenvalue weighted by Gasteiger charge is -2.28. The molecule has 6 aromatic heterocycles. The van der Waals surface area contributed by atoms with Crippen LogP contribution in [0.1, 0.15) is 23.1 Å². The average Bonchev–Trinajstić information content (AvgIpc) is 1.68. The van der Waals surface area contributed by atoms with Crippen LogP contribution >= 0.6 is 0 Å². The van der Waals surface area contributed by atoms with E-state index >= 15 is 0 Å². The maximum Gasteiger partial charge on any atom is 0.159 e. The quantitative estimate of drug-likeness (QED) is 0.137. The number of allylic oxidation sites excluding steroid dienone is 4. The first-order chi connectivity index (χ1) is 55.4. The number of hydrogen-bond donors (Lipinski definition) is 0. The maximum absolute atomic E-state index is 6.41. The number of rotatable bonds is 10. The Morgan fingerprint density at radius 3 is 0.920 bits per heavy atom. The Morgan fingerprint density at radius 2 is 0.518 bits per heavy atom. The summed E-state index contributed by atoms with van der Waals surface area (Å²) in [4.78, 5) is 11.2. The summed E-state index contributed by atoms with van der Waals surface area (Å²) in [5.74, 6) is 0.572. The summed E-state index contributed by atoms with van der Waals surface area (Å²) in [6, 6.07) is 127. The highest BCUT2D eigenvalue weighted by atomic mass is 16.3. The number of nitrogens with zero attached hydrogens (tertiary/aromatic N) is 5. The highest BCUT2D eigenvalue weighted by molar-refractivity contribution is 6.19. The summed E-state index contributed by atoms with van der Waals surface area (Å²) in [5, 5.41) is 14.0. The SMILES string of the molecule is C1=C(c2ccc(-n3c4ccccc4c4ccc(-c5ccc6c(c5)oc5ccccc56)cc43)cc2)CC2C(=C1)N=C(c1ccc(-c3ccc(-n4c5ccccc5c5ccc(-c6ccc7c(c6)oc6ccccc67)cc54)cc3)cc1)N=C2c1ccc(-n2c3ccccc3c3ccc(-c4ccc5c(c4)oc4ccccc45)cc32)cc1. The van der Waals surface area contributed by atoms with Crippen molar-refractivity contribution in [1.29, 1.82) is 0 Å². The van der Waals surface area contributed by atoms with E-state index in [1.54, 1.807) is 0 Å². The molecule has 8 nitrogen and oxygen atoms in total. The number of aromatic nitrogens is 3. The minimum atomic E-state index is -0.116. The number of furan rings is 3. The van der Waals surface area contributed by atoms with Crippen molar-refractivity contribution in [3.63, 3.8) is 0 Å². The Hall–Kier alpha value is -14.9. The Morgan fingerprint density at radius 1 is 0.223 bits per heavy atom. The molecule has 0 fully saturated rings. The van der Waals surface area contributed by atoms with Gasteiger partial charge in [0.05, 0.1) is 44.5 Å². The van der Waals surface area contributed by atoms with Gasteiger partial charge in [0.1, 0.15) is 33.5 Å². The Labute approximate surface area is 641 Å². The highest BCUT2D eigenvalue weighted by Crippen LogP contribution is 2.45. The lowest BCUT2D eigenvalue weighted by molar-refractivity contribution is 0.668. The van der Waals surface area contributed by atoms with Crippen LogP contribution in [0.3, 0.4) is 0 Å². The molecule has 1 aliphatic carbocycles. The second kappa shape index (κ2) is 24.3. The molecule has 0 bridgehead atoms. The second-order valence-electron chi connectivity index (χ2n) is 29.9. The van der Waals surface area contributed by atoms with Crippen LogP contribution in [0.2, 0.25) is 0 Å². The first-order valence-electron chi connectivity index (χ1n) is 38.3. The molecule has 1 aliphatic heterocycles. The topological polar surface area (TPSA) is 78.9 Å². The van der Waals surface area contributed by atoms with Crippen LogP contribution in [-0.4, -0.2) is 25.2 Å². The van der Waals surface area contributed by atoms with Gasteiger partial charge < -0.3 is 27.0 Å². The van der Waals surface area contributed by atoms with E-state index < -0.39 is 0 Å². The van der Waals surface area contributed by atoms with Crippen molar-refractivity contribution in [2.75, 3.05) is 0 Å². The molecule has 112 heavy (non-hydrogen) atoms. The standard InChI is InChI=1S/C104H63N5O3/c1-7-19-91-77(13-1)80-48-35-68(71-38-51-86-83-16-4-10-22-97(83)110-100(86)59-71)56-94(80)107(91)74-42-29-63(30-43-74)62-25-27-66(28-26-62)104-105-90-54-41-67(64-31-44-75(45-32-64)108-92-20-8-2-14-78(92)81-49-36-69(57-95(81)108)72-39-52-87-84-17-5-11-23-98(84)111-101(87)60-72)55-89(90)103(106-104)65-33-46-76(47-34-65)109-93-21-9-3-15-79(93)82-50-37-70(58-96(82)109)73-40-53-88-85-18-6-12-24-99(85)112-102(88)61-73/h1-54,56-61,89H,55H2. The third kappa shape index (κ3) is 9.75. The Kier molecular flexibility index (Phi) is 13.5. The van der Waals surface area contributed by atoms with Crippen LogP contribution in [0.4, 0.5) is 0 Å².